The van der Waals surface area contributed by atoms with Crippen LogP contribution in [0.5, 0.6) is 0 Å². The number of halogens is 1. The van der Waals surface area contributed by atoms with E-state index < -0.39 is 15.7 Å². The Morgan fingerprint density at radius 3 is 2.35 bits per heavy atom. The molecule has 2 heterocycles. The summed E-state index contributed by atoms with van der Waals surface area (Å²) in [5.74, 6) is -0.153. The van der Waals surface area contributed by atoms with Gasteiger partial charge in [-0.05, 0) is 74.7 Å². The van der Waals surface area contributed by atoms with Gasteiger partial charge in [0.05, 0.1) is 9.79 Å². The zero-order valence-electron chi connectivity index (χ0n) is 14.9. The van der Waals surface area contributed by atoms with Crippen LogP contribution in [0.2, 0.25) is 0 Å². The first-order valence-corrected chi connectivity index (χ1v) is 10.5. The molecular weight excluding hydrogens is 351 g/mol. The van der Waals surface area contributed by atoms with Gasteiger partial charge in [-0.1, -0.05) is 0 Å². The predicted molar refractivity (Wildman–Crippen MR) is 99.7 cm³/mol. The molecule has 3 unspecified atom stereocenters. The van der Waals surface area contributed by atoms with Crippen LogP contribution in [-0.2, 0) is 9.84 Å². The Bertz CT molecular complexity index is 927. The first kappa shape index (κ1) is 17.5. The highest BCUT2D eigenvalue weighted by Crippen LogP contribution is 2.43. The Hall–Kier alpha value is -1.92. The summed E-state index contributed by atoms with van der Waals surface area (Å²) in [4.78, 5) is 0.383. The molecule has 0 radical (unpaired) electrons. The van der Waals surface area contributed by atoms with E-state index in [4.69, 9.17) is 0 Å². The molecule has 2 aliphatic rings. The zero-order chi connectivity index (χ0) is 18.5. The summed E-state index contributed by atoms with van der Waals surface area (Å²) in [7, 11) is -3.66. The monoisotopic (exact) mass is 374 g/mol. The van der Waals surface area contributed by atoms with Crippen molar-refractivity contribution in [2.75, 3.05) is 5.32 Å². The molecule has 0 spiro atoms. The summed E-state index contributed by atoms with van der Waals surface area (Å²) in [6.07, 6.45) is 1.97. The Kier molecular flexibility index (Phi) is 4.28. The minimum absolute atomic E-state index is 0.117. The van der Waals surface area contributed by atoms with Crippen molar-refractivity contribution < 1.29 is 12.8 Å². The van der Waals surface area contributed by atoms with Crippen LogP contribution >= 0.6 is 0 Å². The van der Waals surface area contributed by atoms with Crippen molar-refractivity contribution in [1.29, 1.82) is 0 Å². The average molecular weight is 374 g/mol. The van der Waals surface area contributed by atoms with Gasteiger partial charge in [0.1, 0.15) is 5.82 Å². The third-order valence-corrected chi connectivity index (χ3v) is 7.23. The molecule has 2 N–H and O–H groups in total. The number of hydrogen-bond acceptors (Lipinski definition) is 4. The van der Waals surface area contributed by atoms with E-state index in [0.29, 0.717) is 24.0 Å². The van der Waals surface area contributed by atoms with E-state index in [0.717, 1.165) is 24.1 Å². The molecule has 6 heteroatoms. The second kappa shape index (κ2) is 6.35. The SMILES string of the molecule is CC1CC2Nc3ccc(S(=O)(=O)c4ccc(F)cc4)cc3[C@@H]2CC(C)N1. The molecule has 2 aromatic carbocycles. The van der Waals surface area contributed by atoms with Crippen LogP contribution in [0.4, 0.5) is 10.1 Å². The van der Waals surface area contributed by atoms with Crippen molar-refractivity contribution in [1.82, 2.24) is 5.32 Å². The average Bonchev–Trinajstić information content (AvgIpc) is 2.83. The van der Waals surface area contributed by atoms with Gasteiger partial charge in [-0.3, -0.25) is 0 Å². The van der Waals surface area contributed by atoms with Crippen LogP contribution in [0.15, 0.2) is 52.3 Å². The van der Waals surface area contributed by atoms with Gasteiger partial charge in [0.2, 0.25) is 9.84 Å². The second-order valence-electron chi connectivity index (χ2n) is 7.50. The molecule has 4 atom stereocenters. The quantitative estimate of drug-likeness (QED) is 0.787. The van der Waals surface area contributed by atoms with Crippen LogP contribution in [-0.4, -0.2) is 26.5 Å². The van der Waals surface area contributed by atoms with Gasteiger partial charge < -0.3 is 10.6 Å². The number of rotatable bonds is 2. The van der Waals surface area contributed by atoms with Crippen molar-refractivity contribution >= 4 is 15.5 Å². The summed E-state index contributed by atoms with van der Waals surface area (Å²) in [6.45, 7) is 4.37. The Labute approximate surface area is 153 Å². The highest BCUT2D eigenvalue weighted by Gasteiger charge is 2.37. The van der Waals surface area contributed by atoms with E-state index in [1.54, 1.807) is 12.1 Å². The number of hydrogen-bond donors (Lipinski definition) is 2. The number of fused-ring (bicyclic) bond motifs is 3. The fraction of sp³-hybridized carbons (Fsp3) is 0.400. The second-order valence-corrected chi connectivity index (χ2v) is 9.45. The number of sulfone groups is 1. The lowest BCUT2D eigenvalue weighted by Crippen LogP contribution is -2.33. The van der Waals surface area contributed by atoms with Crippen LogP contribution in [0.1, 0.15) is 38.2 Å². The Morgan fingerprint density at radius 2 is 1.62 bits per heavy atom. The predicted octanol–water partition coefficient (Wildman–Crippen LogP) is 3.70. The summed E-state index contributed by atoms with van der Waals surface area (Å²) in [6, 6.07) is 11.4. The summed E-state index contributed by atoms with van der Waals surface area (Å²) < 4.78 is 39.0. The first-order valence-electron chi connectivity index (χ1n) is 9.02. The summed E-state index contributed by atoms with van der Waals surface area (Å²) in [5.41, 5.74) is 2.10. The third kappa shape index (κ3) is 3.01. The minimum Gasteiger partial charge on any atom is -0.381 e. The molecule has 2 aromatic rings. The normalized spacial score (nSPS) is 28.0. The molecule has 0 bridgehead atoms. The number of benzene rings is 2. The van der Waals surface area contributed by atoms with Crippen molar-refractivity contribution in [3.8, 4) is 0 Å². The van der Waals surface area contributed by atoms with Crippen molar-refractivity contribution in [3.63, 3.8) is 0 Å². The molecule has 1 saturated heterocycles. The van der Waals surface area contributed by atoms with E-state index in [2.05, 4.69) is 24.5 Å². The largest absolute Gasteiger partial charge is 0.381 e. The summed E-state index contributed by atoms with van der Waals surface area (Å²) >= 11 is 0. The smallest absolute Gasteiger partial charge is 0.206 e. The topological polar surface area (TPSA) is 58.2 Å². The van der Waals surface area contributed by atoms with E-state index >= 15 is 0 Å². The van der Waals surface area contributed by atoms with Crippen LogP contribution in [0, 0.1) is 5.82 Å². The van der Waals surface area contributed by atoms with Crippen molar-refractivity contribution in [3.05, 3.63) is 53.8 Å². The lowest BCUT2D eigenvalue weighted by molar-refractivity contribution is 0.468. The maximum Gasteiger partial charge on any atom is 0.206 e. The van der Waals surface area contributed by atoms with Gasteiger partial charge in [-0.25, -0.2) is 12.8 Å². The van der Waals surface area contributed by atoms with E-state index in [1.807, 2.05) is 6.07 Å². The van der Waals surface area contributed by atoms with E-state index in [9.17, 15) is 12.8 Å². The molecule has 0 aliphatic carbocycles. The van der Waals surface area contributed by atoms with Crippen molar-refractivity contribution in [2.24, 2.45) is 0 Å². The molecule has 2 aliphatic heterocycles. The highest BCUT2D eigenvalue weighted by atomic mass is 32.2. The third-order valence-electron chi connectivity index (χ3n) is 5.47. The lowest BCUT2D eigenvalue weighted by atomic mass is 9.88. The molecule has 1 fully saturated rings. The Balaban J connectivity index is 1.72. The summed E-state index contributed by atoms with van der Waals surface area (Å²) in [5, 5.41) is 7.15. The fourth-order valence-corrected chi connectivity index (χ4v) is 5.61. The van der Waals surface area contributed by atoms with Crippen LogP contribution < -0.4 is 10.6 Å². The first-order chi connectivity index (χ1) is 12.3. The molecular formula is C20H23FN2O2S. The number of anilines is 1. The highest BCUT2D eigenvalue weighted by molar-refractivity contribution is 7.91. The lowest BCUT2D eigenvalue weighted by Gasteiger charge is -2.18. The molecule has 4 nitrogen and oxygen atoms in total. The minimum atomic E-state index is -3.66. The fourth-order valence-electron chi connectivity index (χ4n) is 4.31. The van der Waals surface area contributed by atoms with E-state index in [1.165, 1.54) is 24.3 Å². The Morgan fingerprint density at radius 1 is 0.962 bits per heavy atom. The molecule has 4 rings (SSSR count). The molecule has 0 amide bonds. The van der Waals surface area contributed by atoms with Crippen LogP contribution in [0.25, 0.3) is 0 Å². The molecule has 26 heavy (non-hydrogen) atoms. The van der Waals surface area contributed by atoms with Crippen LogP contribution in [0.3, 0.4) is 0 Å². The van der Waals surface area contributed by atoms with Gasteiger partial charge in [-0.15, -0.1) is 0 Å². The van der Waals surface area contributed by atoms with Gasteiger partial charge in [0.25, 0.3) is 0 Å². The van der Waals surface area contributed by atoms with E-state index in [-0.39, 0.29) is 9.79 Å². The van der Waals surface area contributed by atoms with Gasteiger partial charge >= 0.3 is 0 Å². The molecule has 0 aromatic heterocycles. The zero-order valence-corrected chi connectivity index (χ0v) is 15.7. The number of nitrogens with one attached hydrogen (secondary N) is 2. The maximum atomic E-state index is 13.1. The van der Waals surface area contributed by atoms with Crippen molar-refractivity contribution in [2.45, 2.75) is 60.5 Å². The standard InChI is InChI=1S/C20H23FN2O2S/c1-12-9-17-18-11-16(26(24,25)15-5-3-14(21)4-6-15)7-8-19(18)23-20(17)10-13(2)22-12/h3-8,11-13,17,20,22-23H,9-10H2,1-2H3/t12?,13?,17-,20?/m0/s1. The maximum absolute atomic E-state index is 13.1. The van der Waals surface area contributed by atoms with Gasteiger partial charge in [0.15, 0.2) is 0 Å². The van der Waals surface area contributed by atoms with Gasteiger partial charge in [-0.2, -0.15) is 0 Å². The molecule has 138 valence electrons. The molecule has 0 saturated carbocycles. The van der Waals surface area contributed by atoms with Gasteiger partial charge in [0, 0.05) is 29.7 Å².